The smallest absolute Gasteiger partial charge is 0.379 e. The highest BCUT2D eigenvalue weighted by Gasteiger charge is 2.22. The number of halogens is 1. The van der Waals surface area contributed by atoms with E-state index in [-0.39, 0.29) is 6.61 Å². The number of nitrogens with zero attached hydrogens (tertiary/aromatic N) is 1. The number of hydrogen-bond acceptors (Lipinski definition) is 4. The predicted octanol–water partition coefficient (Wildman–Crippen LogP) is 3.44. The minimum absolute atomic E-state index is 0.184. The Kier molecular flexibility index (Phi) is 5.07. The van der Waals surface area contributed by atoms with Crippen LogP contribution >= 0.6 is 15.9 Å². The van der Waals surface area contributed by atoms with E-state index in [9.17, 15) is 9.59 Å². The van der Waals surface area contributed by atoms with Crippen molar-refractivity contribution in [1.82, 2.24) is 4.98 Å². The molecule has 0 bridgehead atoms. The summed E-state index contributed by atoms with van der Waals surface area (Å²) in [6, 6.07) is 5.41. The molecule has 0 aliphatic carbocycles. The Hall–Kier alpha value is -1.75. The molecule has 0 atom stereocenters. The number of pyridine rings is 1. The first kappa shape index (κ1) is 15.6. The van der Waals surface area contributed by atoms with Crippen LogP contribution in [-0.4, -0.2) is 23.3 Å². The van der Waals surface area contributed by atoms with E-state index in [4.69, 9.17) is 4.74 Å². The second-order valence-electron chi connectivity index (χ2n) is 4.54. The average molecular weight is 350 g/mol. The maximum atomic E-state index is 12.2. The SMILES string of the molecule is CCOC(=O)C(=O)c1ccc2ncc(CC)cc2c1CBr. The molecule has 0 fully saturated rings. The summed E-state index contributed by atoms with van der Waals surface area (Å²) in [6.45, 7) is 3.90. The van der Waals surface area contributed by atoms with Gasteiger partial charge >= 0.3 is 5.97 Å². The molecule has 1 aromatic carbocycles. The summed E-state index contributed by atoms with van der Waals surface area (Å²) in [5.74, 6) is -1.44. The summed E-state index contributed by atoms with van der Waals surface area (Å²) >= 11 is 3.40. The number of fused-ring (bicyclic) bond motifs is 1. The third kappa shape index (κ3) is 3.13. The summed E-state index contributed by atoms with van der Waals surface area (Å²) in [5, 5.41) is 1.36. The van der Waals surface area contributed by atoms with Crippen molar-refractivity contribution in [2.75, 3.05) is 6.61 Å². The van der Waals surface area contributed by atoms with Crippen molar-refractivity contribution in [3.8, 4) is 0 Å². The van der Waals surface area contributed by atoms with Gasteiger partial charge in [-0.1, -0.05) is 22.9 Å². The number of alkyl halides is 1. The average Bonchev–Trinajstić information content (AvgIpc) is 2.52. The first-order valence-corrected chi connectivity index (χ1v) is 7.92. The van der Waals surface area contributed by atoms with Gasteiger partial charge in [-0.2, -0.15) is 0 Å². The highest BCUT2D eigenvalue weighted by Crippen LogP contribution is 2.25. The number of rotatable bonds is 5. The first-order valence-electron chi connectivity index (χ1n) is 6.80. The Morgan fingerprint density at radius 2 is 2.05 bits per heavy atom. The molecule has 21 heavy (non-hydrogen) atoms. The fraction of sp³-hybridized carbons (Fsp3) is 0.312. The topological polar surface area (TPSA) is 56.3 Å². The molecule has 5 heteroatoms. The van der Waals surface area contributed by atoms with Gasteiger partial charge in [0.05, 0.1) is 12.1 Å². The van der Waals surface area contributed by atoms with Crippen LogP contribution in [0.1, 0.15) is 35.3 Å². The Bertz CT molecular complexity index is 697. The number of aromatic nitrogens is 1. The maximum Gasteiger partial charge on any atom is 0.379 e. The van der Waals surface area contributed by atoms with Crippen molar-refractivity contribution in [3.63, 3.8) is 0 Å². The maximum absolute atomic E-state index is 12.2. The van der Waals surface area contributed by atoms with Crippen molar-refractivity contribution in [2.24, 2.45) is 0 Å². The summed E-state index contributed by atoms with van der Waals surface area (Å²) in [5.41, 5.74) is 3.04. The Labute approximate surface area is 131 Å². The Morgan fingerprint density at radius 1 is 1.29 bits per heavy atom. The second kappa shape index (κ2) is 6.80. The number of hydrogen-bond donors (Lipinski definition) is 0. The van der Waals surface area contributed by atoms with Crippen LogP contribution in [0.4, 0.5) is 0 Å². The number of carbonyl (C=O) groups excluding carboxylic acids is 2. The van der Waals surface area contributed by atoms with Gasteiger partial charge in [0.2, 0.25) is 0 Å². The van der Waals surface area contributed by atoms with Crippen LogP contribution in [0.3, 0.4) is 0 Å². The standard InChI is InChI=1S/C16H16BrNO3/c1-3-10-7-12-13(8-17)11(5-6-14(12)18-9-10)15(19)16(20)21-4-2/h5-7,9H,3-4,8H2,1-2H3. The first-order chi connectivity index (χ1) is 10.1. The van der Waals surface area contributed by atoms with E-state index in [0.29, 0.717) is 10.9 Å². The molecular formula is C16H16BrNO3. The van der Waals surface area contributed by atoms with Crippen LogP contribution in [-0.2, 0) is 21.3 Å². The minimum Gasteiger partial charge on any atom is -0.460 e. The van der Waals surface area contributed by atoms with Crippen molar-refractivity contribution in [1.29, 1.82) is 0 Å². The van der Waals surface area contributed by atoms with Crippen molar-refractivity contribution in [2.45, 2.75) is 25.6 Å². The summed E-state index contributed by atoms with van der Waals surface area (Å²) in [7, 11) is 0. The Balaban J connectivity index is 2.59. The summed E-state index contributed by atoms with van der Waals surface area (Å²) < 4.78 is 4.80. The molecule has 1 aromatic heterocycles. The number of aryl methyl sites for hydroxylation is 1. The van der Waals surface area contributed by atoms with Crippen LogP contribution < -0.4 is 0 Å². The minimum atomic E-state index is -0.821. The van der Waals surface area contributed by atoms with E-state index in [1.165, 1.54) is 0 Å². The van der Waals surface area contributed by atoms with Gasteiger partial charge in [0.15, 0.2) is 0 Å². The molecule has 2 aromatic rings. The summed E-state index contributed by atoms with van der Waals surface area (Å²) in [4.78, 5) is 28.3. The van der Waals surface area contributed by atoms with Crippen LogP contribution in [0, 0.1) is 0 Å². The molecule has 0 aliphatic rings. The van der Waals surface area contributed by atoms with Gasteiger partial charge in [-0.05, 0) is 42.7 Å². The van der Waals surface area contributed by atoms with Gasteiger partial charge in [-0.25, -0.2) is 4.79 Å². The molecule has 0 spiro atoms. The molecule has 0 N–H and O–H groups in total. The van der Waals surface area contributed by atoms with Crippen molar-refractivity contribution < 1.29 is 14.3 Å². The lowest BCUT2D eigenvalue weighted by molar-refractivity contribution is -0.137. The second-order valence-corrected chi connectivity index (χ2v) is 5.10. The van der Waals surface area contributed by atoms with Gasteiger partial charge in [0.1, 0.15) is 0 Å². The van der Waals surface area contributed by atoms with Crippen LogP contribution in [0.2, 0.25) is 0 Å². The molecule has 110 valence electrons. The molecular weight excluding hydrogens is 334 g/mol. The number of ether oxygens (including phenoxy) is 1. The lowest BCUT2D eigenvalue weighted by Gasteiger charge is -2.10. The fourth-order valence-electron chi connectivity index (χ4n) is 2.16. The molecule has 0 aliphatic heterocycles. The quantitative estimate of drug-likeness (QED) is 0.359. The lowest BCUT2D eigenvalue weighted by Crippen LogP contribution is -2.19. The lowest BCUT2D eigenvalue weighted by atomic mass is 9.98. The zero-order valence-corrected chi connectivity index (χ0v) is 13.6. The molecule has 0 unspecified atom stereocenters. The fourth-order valence-corrected chi connectivity index (χ4v) is 2.76. The number of esters is 1. The van der Waals surface area contributed by atoms with Crippen LogP contribution in [0.25, 0.3) is 10.9 Å². The number of carbonyl (C=O) groups is 2. The van der Waals surface area contributed by atoms with Gasteiger partial charge < -0.3 is 4.74 Å². The molecule has 0 radical (unpaired) electrons. The normalized spacial score (nSPS) is 10.6. The van der Waals surface area contributed by atoms with E-state index < -0.39 is 11.8 Å². The largest absolute Gasteiger partial charge is 0.460 e. The number of ketones is 1. The third-order valence-corrected chi connectivity index (χ3v) is 3.84. The van der Waals surface area contributed by atoms with Crippen LogP contribution in [0.15, 0.2) is 24.4 Å². The van der Waals surface area contributed by atoms with Gasteiger partial charge in [-0.3, -0.25) is 9.78 Å². The predicted molar refractivity (Wildman–Crippen MR) is 84.7 cm³/mol. The monoisotopic (exact) mass is 349 g/mol. The highest BCUT2D eigenvalue weighted by molar-refractivity contribution is 9.08. The van der Waals surface area contributed by atoms with E-state index in [1.54, 1.807) is 19.1 Å². The van der Waals surface area contributed by atoms with E-state index in [2.05, 4.69) is 20.9 Å². The third-order valence-electron chi connectivity index (χ3n) is 3.28. The van der Waals surface area contributed by atoms with Gasteiger partial charge in [0, 0.05) is 22.5 Å². The highest BCUT2D eigenvalue weighted by atomic mass is 79.9. The molecule has 0 saturated heterocycles. The molecule has 4 nitrogen and oxygen atoms in total. The van der Waals surface area contributed by atoms with E-state index >= 15 is 0 Å². The number of Topliss-reactive ketones (excluding diaryl/α,β-unsaturated/α-hetero) is 1. The van der Waals surface area contributed by atoms with Crippen molar-refractivity contribution >= 4 is 38.6 Å². The molecule has 1 heterocycles. The summed E-state index contributed by atoms with van der Waals surface area (Å²) in [6.07, 6.45) is 2.69. The van der Waals surface area contributed by atoms with E-state index in [0.717, 1.165) is 28.5 Å². The van der Waals surface area contributed by atoms with Crippen molar-refractivity contribution in [3.05, 3.63) is 41.1 Å². The molecule has 2 rings (SSSR count). The van der Waals surface area contributed by atoms with Gasteiger partial charge in [0.25, 0.3) is 5.78 Å². The zero-order valence-electron chi connectivity index (χ0n) is 12.0. The van der Waals surface area contributed by atoms with E-state index in [1.807, 2.05) is 19.2 Å². The zero-order chi connectivity index (χ0) is 15.4. The Morgan fingerprint density at radius 3 is 2.67 bits per heavy atom. The van der Waals surface area contributed by atoms with Gasteiger partial charge in [-0.15, -0.1) is 0 Å². The van der Waals surface area contributed by atoms with Crippen LogP contribution in [0.5, 0.6) is 0 Å². The molecule has 0 saturated carbocycles. The number of benzene rings is 1. The molecule has 0 amide bonds.